The molecule has 0 amide bonds. The van der Waals surface area contributed by atoms with Crippen LogP contribution in [0.4, 0.5) is 8.78 Å². The van der Waals surface area contributed by atoms with Gasteiger partial charge in [-0.15, -0.1) is 0 Å². The highest BCUT2D eigenvalue weighted by Gasteiger charge is 2.23. The maximum Gasteiger partial charge on any atom is 0.311 e. The van der Waals surface area contributed by atoms with Gasteiger partial charge in [0.25, 0.3) is 0 Å². The van der Waals surface area contributed by atoms with Gasteiger partial charge >= 0.3 is 5.76 Å². The zero-order chi connectivity index (χ0) is 7.56. The van der Waals surface area contributed by atoms with Crippen molar-refractivity contribution in [3.63, 3.8) is 0 Å². The molecule has 0 radical (unpaired) electrons. The Labute approximate surface area is 60.4 Å². The van der Waals surface area contributed by atoms with Crippen LogP contribution < -0.4 is 5.32 Å². The fourth-order valence-corrected chi connectivity index (χ4v) is 1.62. The highest BCUT2D eigenvalue weighted by Crippen LogP contribution is 2.09. The van der Waals surface area contributed by atoms with Crippen LogP contribution in [0.25, 0.3) is 0 Å². The van der Waals surface area contributed by atoms with Crippen molar-refractivity contribution < 1.29 is 13.0 Å². The smallest absolute Gasteiger partial charge is 0.311 e. The molecule has 1 aliphatic heterocycles. The fraction of sp³-hybridized carbons (Fsp3) is 1.00. The van der Waals surface area contributed by atoms with Gasteiger partial charge in [0.1, 0.15) is 0 Å². The zero-order valence-corrected chi connectivity index (χ0v) is 6.16. The summed E-state index contributed by atoms with van der Waals surface area (Å²) >= 11 is 0. The first-order valence-electron chi connectivity index (χ1n) is 3.06. The molecular weight excluding hydrogens is 160 g/mol. The summed E-state index contributed by atoms with van der Waals surface area (Å²) in [7, 11) is -1.92. The molecule has 2 nitrogen and oxygen atoms in total. The van der Waals surface area contributed by atoms with E-state index in [0.29, 0.717) is 0 Å². The molecule has 0 saturated carbocycles. The van der Waals surface area contributed by atoms with Crippen LogP contribution >= 0.6 is 0 Å². The van der Waals surface area contributed by atoms with Crippen molar-refractivity contribution in [2.45, 2.75) is 5.76 Å². The van der Waals surface area contributed by atoms with Gasteiger partial charge in [0.05, 0.1) is 10.8 Å². The van der Waals surface area contributed by atoms with E-state index in [0.717, 1.165) is 13.1 Å². The number of rotatable bonds is 3. The quantitative estimate of drug-likeness (QED) is 0.653. The Hall–Kier alpha value is -0.0300. The first kappa shape index (κ1) is 8.07. The predicted octanol–water partition coefficient (Wildman–Crippen LogP) is 0.177. The minimum atomic E-state index is -2.67. The molecule has 1 atom stereocenters. The molecule has 0 aromatic rings. The Morgan fingerprint density at radius 3 is 2.50 bits per heavy atom. The molecule has 1 rings (SSSR count). The molecule has 0 aromatic carbocycles. The molecule has 1 N–H and O–H groups in total. The van der Waals surface area contributed by atoms with Crippen molar-refractivity contribution in [2.75, 3.05) is 18.8 Å². The second-order valence-electron chi connectivity index (χ2n) is 2.33. The van der Waals surface area contributed by atoms with Crippen LogP contribution in [-0.4, -0.2) is 28.8 Å². The van der Waals surface area contributed by atoms with Gasteiger partial charge in [0, 0.05) is 18.8 Å². The molecule has 0 spiro atoms. The van der Waals surface area contributed by atoms with Gasteiger partial charge in [-0.25, -0.2) is 0 Å². The minimum Gasteiger partial charge on any atom is -0.316 e. The third kappa shape index (κ3) is 1.98. The van der Waals surface area contributed by atoms with E-state index < -0.39 is 16.6 Å². The van der Waals surface area contributed by atoms with E-state index >= 15 is 0 Å². The van der Waals surface area contributed by atoms with Crippen molar-refractivity contribution >= 4 is 10.8 Å². The molecule has 1 heterocycles. The highest BCUT2D eigenvalue weighted by molar-refractivity contribution is 7.85. The van der Waals surface area contributed by atoms with Crippen LogP contribution in [0.5, 0.6) is 0 Å². The van der Waals surface area contributed by atoms with Crippen molar-refractivity contribution in [3.8, 4) is 0 Å². The Bertz CT molecular complexity index is 138. The second-order valence-corrected chi connectivity index (χ2v) is 3.78. The molecule has 0 aromatic heterocycles. The topological polar surface area (TPSA) is 29.1 Å². The molecule has 0 aliphatic carbocycles. The molecular formula is C5H9F2NOS. The van der Waals surface area contributed by atoms with Gasteiger partial charge in [-0.3, -0.25) is 4.21 Å². The summed E-state index contributed by atoms with van der Waals surface area (Å²) in [6.45, 7) is 1.47. The first-order chi connectivity index (χ1) is 4.70. The lowest BCUT2D eigenvalue weighted by Crippen LogP contribution is -2.45. The van der Waals surface area contributed by atoms with Crippen molar-refractivity contribution in [2.24, 2.45) is 5.92 Å². The summed E-state index contributed by atoms with van der Waals surface area (Å²) < 4.78 is 33.7. The zero-order valence-electron chi connectivity index (χ0n) is 5.35. The van der Waals surface area contributed by atoms with Crippen molar-refractivity contribution in [3.05, 3.63) is 0 Å². The molecule has 10 heavy (non-hydrogen) atoms. The van der Waals surface area contributed by atoms with Crippen LogP contribution in [0.3, 0.4) is 0 Å². The maximum atomic E-state index is 11.6. The first-order valence-corrected chi connectivity index (χ1v) is 4.44. The molecule has 0 bridgehead atoms. The number of halogens is 2. The maximum absolute atomic E-state index is 11.6. The summed E-state index contributed by atoms with van der Waals surface area (Å²) in [6.07, 6.45) is 0. The Kier molecular flexibility index (Phi) is 2.73. The summed E-state index contributed by atoms with van der Waals surface area (Å²) in [5, 5.41) is 2.93. The summed E-state index contributed by atoms with van der Waals surface area (Å²) in [5.41, 5.74) is 0. The largest absolute Gasteiger partial charge is 0.316 e. The highest BCUT2D eigenvalue weighted by atomic mass is 32.2. The van der Waals surface area contributed by atoms with Gasteiger partial charge in [-0.1, -0.05) is 0 Å². The average molecular weight is 169 g/mol. The number of hydrogen-bond donors (Lipinski definition) is 1. The van der Waals surface area contributed by atoms with Crippen LogP contribution in [0.2, 0.25) is 0 Å². The third-order valence-electron chi connectivity index (χ3n) is 1.46. The Morgan fingerprint density at radius 1 is 1.60 bits per heavy atom. The van der Waals surface area contributed by atoms with Gasteiger partial charge in [0.2, 0.25) is 0 Å². The van der Waals surface area contributed by atoms with E-state index in [4.69, 9.17) is 0 Å². The SMILES string of the molecule is O=S(CC1CNC1)C(F)F. The van der Waals surface area contributed by atoms with Gasteiger partial charge in [0.15, 0.2) is 0 Å². The molecule has 1 fully saturated rings. The normalized spacial score (nSPS) is 22.7. The Balaban J connectivity index is 2.17. The molecule has 1 unspecified atom stereocenters. The van der Waals surface area contributed by atoms with E-state index in [-0.39, 0.29) is 11.7 Å². The summed E-state index contributed by atoms with van der Waals surface area (Å²) in [5.74, 6) is -2.32. The average Bonchev–Trinajstić information content (AvgIpc) is 1.77. The van der Waals surface area contributed by atoms with E-state index in [1.165, 1.54) is 0 Å². The minimum absolute atomic E-state index is 0.144. The molecule has 1 saturated heterocycles. The van der Waals surface area contributed by atoms with Gasteiger partial charge < -0.3 is 5.32 Å². The molecule has 1 aliphatic rings. The standard InChI is InChI=1S/C5H9F2NOS/c6-5(7)10(9)3-4-1-8-2-4/h4-5,8H,1-3H2. The van der Waals surface area contributed by atoms with Crippen LogP contribution in [0.1, 0.15) is 0 Å². The summed E-state index contributed by atoms with van der Waals surface area (Å²) in [4.78, 5) is 0. The predicted molar refractivity (Wildman–Crippen MR) is 35.4 cm³/mol. The van der Waals surface area contributed by atoms with E-state index in [1.807, 2.05) is 0 Å². The number of alkyl halides is 2. The van der Waals surface area contributed by atoms with Gasteiger partial charge in [-0.05, 0) is 5.92 Å². The second kappa shape index (κ2) is 3.39. The summed E-state index contributed by atoms with van der Waals surface area (Å²) in [6, 6.07) is 0. The van der Waals surface area contributed by atoms with Crippen LogP contribution in [0.15, 0.2) is 0 Å². The number of nitrogens with one attached hydrogen (secondary N) is 1. The van der Waals surface area contributed by atoms with Gasteiger partial charge in [-0.2, -0.15) is 8.78 Å². The van der Waals surface area contributed by atoms with E-state index in [1.54, 1.807) is 0 Å². The van der Waals surface area contributed by atoms with E-state index in [2.05, 4.69) is 5.32 Å². The fourth-order valence-electron chi connectivity index (χ4n) is 0.771. The third-order valence-corrected chi connectivity index (χ3v) is 2.66. The van der Waals surface area contributed by atoms with Crippen molar-refractivity contribution in [1.29, 1.82) is 0 Å². The van der Waals surface area contributed by atoms with Crippen LogP contribution in [-0.2, 0) is 10.8 Å². The van der Waals surface area contributed by atoms with Crippen LogP contribution in [0, 0.1) is 5.92 Å². The molecule has 60 valence electrons. The van der Waals surface area contributed by atoms with Crippen molar-refractivity contribution in [1.82, 2.24) is 5.32 Å². The molecule has 5 heteroatoms. The monoisotopic (exact) mass is 169 g/mol. The van der Waals surface area contributed by atoms with E-state index in [9.17, 15) is 13.0 Å². The number of hydrogen-bond acceptors (Lipinski definition) is 2. The lowest BCUT2D eigenvalue weighted by Gasteiger charge is -2.26. The Morgan fingerprint density at radius 2 is 2.20 bits per heavy atom. The lowest BCUT2D eigenvalue weighted by molar-refractivity contribution is 0.242. The lowest BCUT2D eigenvalue weighted by atomic mass is 10.1.